The Kier molecular flexibility index (Phi) is 5.25. The van der Waals surface area contributed by atoms with Gasteiger partial charge in [-0.15, -0.1) is 0 Å². The quantitative estimate of drug-likeness (QED) is 0.758. The average molecular weight is 246 g/mol. The van der Waals surface area contributed by atoms with Crippen molar-refractivity contribution >= 4 is 5.78 Å². The maximum absolute atomic E-state index is 11.8. The molecule has 0 bridgehead atoms. The molecule has 1 aliphatic rings. The number of benzene rings is 1. The molecule has 1 aromatic carbocycles. The third kappa shape index (κ3) is 4.52. The van der Waals surface area contributed by atoms with Crippen LogP contribution in [0.2, 0.25) is 0 Å². The first kappa shape index (κ1) is 13.1. The topological polar surface area (TPSA) is 26.3 Å². The minimum absolute atomic E-state index is 0.359. The lowest BCUT2D eigenvalue weighted by atomic mass is 9.85. The lowest BCUT2D eigenvalue weighted by Crippen LogP contribution is -2.14. The van der Waals surface area contributed by atoms with Gasteiger partial charge in [-0.1, -0.05) is 50.3 Å². The van der Waals surface area contributed by atoms with E-state index in [9.17, 15) is 4.79 Å². The SMILES string of the molecule is O=C(CCOc1ccccc1)CC1CCCCC1. The van der Waals surface area contributed by atoms with Crippen LogP contribution in [0.4, 0.5) is 0 Å². The third-order valence-corrected chi connectivity index (χ3v) is 3.63. The van der Waals surface area contributed by atoms with E-state index in [1.54, 1.807) is 0 Å². The Morgan fingerprint density at radius 2 is 1.83 bits per heavy atom. The molecular formula is C16H22O2. The van der Waals surface area contributed by atoms with Crippen LogP contribution in [0.3, 0.4) is 0 Å². The normalized spacial score (nSPS) is 16.4. The van der Waals surface area contributed by atoms with Crippen molar-refractivity contribution < 1.29 is 9.53 Å². The van der Waals surface area contributed by atoms with Gasteiger partial charge in [0.1, 0.15) is 11.5 Å². The molecule has 2 heteroatoms. The van der Waals surface area contributed by atoms with Gasteiger partial charge < -0.3 is 4.74 Å². The summed E-state index contributed by atoms with van der Waals surface area (Å²) in [6.07, 6.45) is 7.75. The summed E-state index contributed by atoms with van der Waals surface area (Å²) in [7, 11) is 0. The molecule has 0 heterocycles. The number of ketones is 1. The lowest BCUT2D eigenvalue weighted by molar-refractivity contribution is -0.120. The second-order valence-corrected chi connectivity index (χ2v) is 5.16. The van der Waals surface area contributed by atoms with Crippen molar-refractivity contribution in [3.8, 4) is 5.75 Å². The highest BCUT2D eigenvalue weighted by atomic mass is 16.5. The largest absolute Gasteiger partial charge is 0.493 e. The maximum Gasteiger partial charge on any atom is 0.136 e. The van der Waals surface area contributed by atoms with Gasteiger partial charge in [-0.2, -0.15) is 0 Å². The molecular weight excluding hydrogens is 224 g/mol. The van der Waals surface area contributed by atoms with Gasteiger partial charge in [0.25, 0.3) is 0 Å². The van der Waals surface area contributed by atoms with Gasteiger partial charge in [-0.25, -0.2) is 0 Å². The average Bonchev–Trinajstić information content (AvgIpc) is 2.41. The minimum atomic E-state index is 0.359. The molecule has 0 unspecified atom stereocenters. The fraction of sp³-hybridized carbons (Fsp3) is 0.562. The van der Waals surface area contributed by atoms with Crippen molar-refractivity contribution in [1.29, 1.82) is 0 Å². The number of Topliss-reactive ketones (excluding diaryl/α,β-unsaturated/α-hetero) is 1. The molecule has 1 saturated carbocycles. The summed E-state index contributed by atoms with van der Waals surface area (Å²) in [6, 6.07) is 9.69. The fourth-order valence-corrected chi connectivity index (χ4v) is 2.61. The van der Waals surface area contributed by atoms with Crippen LogP contribution in [-0.4, -0.2) is 12.4 Å². The second-order valence-electron chi connectivity index (χ2n) is 5.16. The van der Waals surface area contributed by atoms with E-state index in [0.29, 0.717) is 24.7 Å². The van der Waals surface area contributed by atoms with Gasteiger partial charge in [0.2, 0.25) is 0 Å². The van der Waals surface area contributed by atoms with E-state index in [1.165, 1.54) is 32.1 Å². The summed E-state index contributed by atoms with van der Waals surface area (Å²) in [5, 5.41) is 0. The molecule has 2 nitrogen and oxygen atoms in total. The van der Waals surface area contributed by atoms with E-state index in [2.05, 4.69) is 0 Å². The van der Waals surface area contributed by atoms with E-state index in [4.69, 9.17) is 4.74 Å². The highest BCUT2D eigenvalue weighted by molar-refractivity contribution is 5.78. The fourth-order valence-electron chi connectivity index (χ4n) is 2.61. The predicted octanol–water partition coefficient (Wildman–Crippen LogP) is 4.00. The summed E-state index contributed by atoms with van der Waals surface area (Å²) in [6.45, 7) is 0.509. The van der Waals surface area contributed by atoms with Crippen molar-refractivity contribution in [2.24, 2.45) is 5.92 Å². The van der Waals surface area contributed by atoms with Gasteiger partial charge >= 0.3 is 0 Å². The smallest absolute Gasteiger partial charge is 0.136 e. The van der Waals surface area contributed by atoms with Crippen molar-refractivity contribution in [2.45, 2.75) is 44.9 Å². The second kappa shape index (κ2) is 7.20. The van der Waals surface area contributed by atoms with Gasteiger partial charge in [-0.05, 0) is 18.1 Å². The van der Waals surface area contributed by atoms with E-state index in [-0.39, 0.29) is 0 Å². The number of carbonyl (C=O) groups is 1. The molecule has 0 aliphatic heterocycles. The number of hydrogen-bond donors (Lipinski definition) is 0. The van der Waals surface area contributed by atoms with E-state index < -0.39 is 0 Å². The number of ether oxygens (including phenoxy) is 1. The summed E-state index contributed by atoms with van der Waals surface area (Å²) in [4.78, 5) is 11.8. The zero-order valence-electron chi connectivity index (χ0n) is 10.9. The first-order valence-corrected chi connectivity index (χ1v) is 7.04. The maximum atomic E-state index is 11.8. The van der Waals surface area contributed by atoms with Crippen LogP contribution in [0.25, 0.3) is 0 Å². The van der Waals surface area contributed by atoms with Crippen LogP contribution in [0.5, 0.6) is 5.75 Å². The molecule has 1 aromatic rings. The minimum Gasteiger partial charge on any atom is -0.493 e. The van der Waals surface area contributed by atoms with E-state index >= 15 is 0 Å². The van der Waals surface area contributed by atoms with Gasteiger partial charge in [-0.3, -0.25) is 4.79 Å². The van der Waals surface area contributed by atoms with Crippen molar-refractivity contribution in [3.63, 3.8) is 0 Å². The van der Waals surface area contributed by atoms with Crippen molar-refractivity contribution in [1.82, 2.24) is 0 Å². The lowest BCUT2D eigenvalue weighted by Gasteiger charge is -2.20. The Balaban J connectivity index is 1.62. The number of carbonyl (C=O) groups excluding carboxylic acids is 1. The summed E-state index contributed by atoms with van der Waals surface area (Å²) >= 11 is 0. The monoisotopic (exact) mass is 246 g/mol. The molecule has 0 atom stereocenters. The molecule has 1 fully saturated rings. The van der Waals surface area contributed by atoms with Crippen LogP contribution in [0.1, 0.15) is 44.9 Å². The highest BCUT2D eigenvalue weighted by Crippen LogP contribution is 2.26. The van der Waals surface area contributed by atoms with Gasteiger partial charge in [0.15, 0.2) is 0 Å². The Labute approximate surface area is 109 Å². The van der Waals surface area contributed by atoms with Crippen molar-refractivity contribution in [3.05, 3.63) is 30.3 Å². The summed E-state index contributed by atoms with van der Waals surface area (Å²) in [5.74, 6) is 1.85. The number of hydrogen-bond acceptors (Lipinski definition) is 2. The molecule has 0 amide bonds. The van der Waals surface area contributed by atoms with E-state index in [1.807, 2.05) is 30.3 Å². The first-order chi connectivity index (χ1) is 8.84. The first-order valence-electron chi connectivity index (χ1n) is 7.04. The van der Waals surface area contributed by atoms with Crippen LogP contribution in [0, 0.1) is 5.92 Å². The molecule has 0 aromatic heterocycles. The predicted molar refractivity (Wildman–Crippen MR) is 72.8 cm³/mol. The standard InChI is InChI=1S/C16H22O2/c17-15(13-14-7-3-1-4-8-14)11-12-18-16-9-5-2-6-10-16/h2,5-6,9-10,14H,1,3-4,7-8,11-13H2. The molecule has 0 N–H and O–H groups in total. The highest BCUT2D eigenvalue weighted by Gasteiger charge is 2.16. The zero-order valence-corrected chi connectivity index (χ0v) is 10.9. The Hall–Kier alpha value is -1.31. The van der Waals surface area contributed by atoms with Crippen LogP contribution >= 0.6 is 0 Å². The summed E-state index contributed by atoms with van der Waals surface area (Å²) < 4.78 is 5.54. The molecule has 0 saturated heterocycles. The van der Waals surface area contributed by atoms with Crippen LogP contribution < -0.4 is 4.74 Å². The molecule has 18 heavy (non-hydrogen) atoms. The van der Waals surface area contributed by atoms with Crippen LogP contribution in [-0.2, 0) is 4.79 Å². The Bertz CT molecular complexity index is 353. The molecule has 1 aliphatic carbocycles. The summed E-state index contributed by atoms with van der Waals surface area (Å²) in [5.41, 5.74) is 0. The zero-order chi connectivity index (χ0) is 12.6. The van der Waals surface area contributed by atoms with Gasteiger partial charge in [0.05, 0.1) is 6.61 Å². The van der Waals surface area contributed by atoms with Crippen LogP contribution in [0.15, 0.2) is 30.3 Å². The number of para-hydroxylation sites is 1. The molecule has 0 spiro atoms. The Morgan fingerprint density at radius 3 is 2.56 bits per heavy atom. The molecule has 98 valence electrons. The molecule has 2 rings (SSSR count). The van der Waals surface area contributed by atoms with E-state index in [0.717, 1.165) is 12.2 Å². The molecule has 0 radical (unpaired) electrons. The third-order valence-electron chi connectivity index (χ3n) is 3.63. The Morgan fingerprint density at radius 1 is 1.11 bits per heavy atom. The van der Waals surface area contributed by atoms with Gasteiger partial charge in [0, 0.05) is 12.8 Å². The van der Waals surface area contributed by atoms with Crippen molar-refractivity contribution in [2.75, 3.05) is 6.61 Å². The number of rotatable bonds is 6.